The Morgan fingerprint density at radius 3 is 2.52 bits per heavy atom. The Morgan fingerprint density at radius 2 is 1.89 bits per heavy atom. The quantitative estimate of drug-likeness (QED) is 0.571. The van der Waals surface area contributed by atoms with Crippen LogP contribution in [0.15, 0.2) is 36.4 Å². The number of benzene rings is 2. The number of anilines is 1. The minimum absolute atomic E-state index is 0.0867. The Hall–Kier alpha value is -3.36. The van der Waals surface area contributed by atoms with E-state index in [0.717, 1.165) is 12.1 Å². The molecule has 0 aromatic heterocycles. The van der Waals surface area contributed by atoms with Crippen LogP contribution in [0.5, 0.6) is 0 Å². The van der Waals surface area contributed by atoms with Gasteiger partial charge >= 0.3 is 0 Å². The minimum Gasteiger partial charge on any atom is -0.351 e. The van der Waals surface area contributed by atoms with Crippen LogP contribution < -0.4 is 10.6 Å². The van der Waals surface area contributed by atoms with Crippen LogP contribution in [0.2, 0.25) is 0 Å². The topological polar surface area (TPSA) is 101 Å². The Labute approximate surface area is 153 Å². The fraction of sp³-hybridized carbons (Fsp3) is 0.222. The first-order valence-electron chi connectivity index (χ1n) is 8.12. The number of aryl methyl sites for hydroxylation is 1. The summed E-state index contributed by atoms with van der Waals surface area (Å²) in [6, 6.07) is 6.94. The van der Waals surface area contributed by atoms with Gasteiger partial charge in [-0.2, -0.15) is 0 Å². The molecule has 0 fully saturated rings. The molecule has 142 valence electrons. The summed E-state index contributed by atoms with van der Waals surface area (Å²) in [5.74, 6) is -3.05. The maximum absolute atomic E-state index is 13.5. The molecule has 0 saturated heterocycles. The normalized spacial score (nSPS) is 10.3. The van der Waals surface area contributed by atoms with E-state index < -0.39 is 28.4 Å². The highest BCUT2D eigenvalue weighted by Gasteiger charge is 2.15. The van der Waals surface area contributed by atoms with Gasteiger partial charge in [0.1, 0.15) is 11.6 Å². The van der Waals surface area contributed by atoms with Crippen molar-refractivity contribution in [3.63, 3.8) is 0 Å². The maximum Gasteiger partial charge on any atom is 0.274 e. The van der Waals surface area contributed by atoms with E-state index in [9.17, 15) is 28.5 Å². The van der Waals surface area contributed by atoms with Crippen molar-refractivity contribution in [2.45, 2.75) is 19.8 Å². The molecular formula is C18H17F2N3O4. The van der Waals surface area contributed by atoms with E-state index >= 15 is 0 Å². The van der Waals surface area contributed by atoms with E-state index in [4.69, 9.17) is 0 Å². The summed E-state index contributed by atoms with van der Waals surface area (Å²) in [4.78, 5) is 34.3. The molecule has 2 amide bonds. The average Bonchev–Trinajstić information content (AvgIpc) is 2.61. The highest BCUT2D eigenvalue weighted by Crippen LogP contribution is 2.23. The van der Waals surface area contributed by atoms with E-state index in [-0.39, 0.29) is 29.9 Å². The number of hydrogen-bond donors (Lipinski definition) is 2. The molecule has 0 saturated carbocycles. The van der Waals surface area contributed by atoms with Gasteiger partial charge < -0.3 is 10.6 Å². The van der Waals surface area contributed by atoms with Crippen molar-refractivity contribution < 1.29 is 23.3 Å². The Bertz CT molecular complexity index is 887. The first kappa shape index (κ1) is 20.0. The molecule has 2 rings (SSSR count). The lowest BCUT2D eigenvalue weighted by molar-refractivity contribution is -0.385. The zero-order chi connectivity index (χ0) is 20.0. The van der Waals surface area contributed by atoms with Crippen LogP contribution in [-0.4, -0.2) is 23.3 Å². The number of rotatable bonds is 7. The molecule has 0 bridgehead atoms. The second-order valence-corrected chi connectivity index (χ2v) is 5.63. The molecule has 0 unspecified atom stereocenters. The molecule has 0 aliphatic carbocycles. The second-order valence-electron chi connectivity index (χ2n) is 5.63. The first-order chi connectivity index (χ1) is 12.8. The molecule has 0 atom stereocenters. The van der Waals surface area contributed by atoms with Gasteiger partial charge in [-0.15, -0.1) is 0 Å². The number of hydrogen-bond acceptors (Lipinski definition) is 4. The number of nitro groups is 1. The van der Waals surface area contributed by atoms with E-state index in [2.05, 4.69) is 10.6 Å². The molecule has 0 radical (unpaired) electrons. The lowest BCUT2D eigenvalue weighted by Crippen LogP contribution is -2.28. The molecule has 27 heavy (non-hydrogen) atoms. The highest BCUT2D eigenvalue weighted by molar-refractivity contribution is 5.95. The Kier molecular flexibility index (Phi) is 6.53. The number of halogens is 2. The van der Waals surface area contributed by atoms with Gasteiger partial charge in [-0.1, -0.05) is 13.0 Å². The monoisotopic (exact) mass is 377 g/mol. The van der Waals surface area contributed by atoms with Gasteiger partial charge in [0.2, 0.25) is 5.91 Å². The smallest absolute Gasteiger partial charge is 0.274 e. The molecule has 0 aliphatic heterocycles. The predicted molar refractivity (Wildman–Crippen MR) is 94.4 cm³/mol. The third-order valence-electron chi connectivity index (χ3n) is 3.76. The number of amides is 2. The van der Waals surface area contributed by atoms with Gasteiger partial charge in [-0.3, -0.25) is 19.7 Å². The van der Waals surface area contributed by atoms with Gasteiger partial charge in [0.25, 0.3) is 11.6 Å². The van der Waals surface area contributed by atoms with Crippen LogP contribution in [-0.2, 0) is 11.2 Å². The summed E-state index contributed by atoms with van der Waals surface area (Å²) in [5, 5.41) is 15.9. The first-order valence-corrected chi connectivity index (χ1v) is 8.12. The van der Waals surface area contributed by atoms with Crippen LogP contribution in [0.3, 0.4) is 0 Å². The van der Waals surface area contributed by atoms with Crippen LogP contribution in [0.1, 0.15) is 29.3 Å². The molecular weight excluding hydrogens is 360 g/mol. The largest absolute Gasteiger partial charge is 0.351 e. The van der Waals surface area contributed by atoms with E-state index in [1.807, 2.05) is 0 Å². The Morgan fingerprint density at radius 1 is 1.15 bits per heavy atom. The summed E-state index contributed by atoms with van der Waals surface area (Å²) in [5.41, 5.74) is 0.393. The number of carbonyl (C=O) groups is 2. The zero-order valence-electron chi connectivity index (χ0n) is 14.4. The van der Waals surface area contributed by atoms with Crippen molar-refractivity contribution in [2.24, 2.45) is 0 Å². The van der Waals surface area contributed by atoms with Gasteiger partial charge in [0, 0.05) is 36.3 Å². The third kappa shape index (κ3) is 5.30. The summed E-state index contributed by atoms with van der Waals surface area (Å²) in [6.07, 6.45) is 0.356. The standard InChI is InChI=1S/C18H17F2N3O4/c1-2-11-3-5-13(10-16(11)23(26)27)22-17(24)7-8-21-18(25)14-6-4-12(19)9-15(14)20/h3-6,9-10H,2,7-8H2,1H3,(H,21,25)(H,22,24). The van der Waals surface area contributed by atoms with Crippen molar-refractivity contribution in [1.82, 2.24) is 5.32 Å². The summed E-state index contributed by atoms with van der Waals surface area (Å²) in [7, 11) is 0. The maximum atomic E-state index is 13.5. The van der Waals surface area contributed by atoms with E-state index in [1.165, 1.54) is 6.07 Å². The summed E-state index contributed by atoms with van der Waals surface area (Å²) < 4.78 is 26.3. The van der Waals surface area contributed by atoms with Crippen molar-refractivity contribution in [3.8, 4) is 0 Å². The molecule has 0 aliphatic rings. The molecule has 7 nitrogen and oxygen atoms in total. The van der Waals surface area contributed by atoms with Crippen molar-refractivity contribution in [1.29, 1.82) is 0 Å². The summed E-state index contributed by atoms with van der Waals surface area (Å²) >= 11 is 0. The number of carbonyl (C=O) groups excluding carboxylic acids is 2. The van der Waals surface area contributed by atoms with Crippen molar-refractivity contribution >= 4 is 23.2 Å². The molecule has 9 heteroatoms. The fourth-order valence-electron chi connectivity index (χ4n) is 2.39. The second kappa shape index (κ2) is 8.84. The van der Waals surface area contributed by atoms with Crippen LogP contribution in [0, 0.1) is 21.7 Å². The van der Waals surface area contributed by atoms with Crippen LogP contribution >= 0.6 is 0 Å². The predicted octanol–water partition coefficient (Wildman–Crippen LogP) is 3.19. The SMILES string of the molecule is CCc1ccc(NC(=O)CCNC(=O)c2ccc(F)cc2F)cc1[N+](=O)[O-]. The van der Waals surface area contributed by atoms with Gasteiger partial charge in [-0.25, -0.2) is 8.78 Å². The molecule has 2 aromatic rings. The van der Waals surface area contributed by atoms with Crippen LogP contribution in [0.4, 0.5) is 20.2 Å². The fourth-order valence-corrected chi connectivity index (χ4v) is 2.39. The van der Waals surface area contributed by atoms with E-state index in [1.54, 1.807) is 19.1 Å². The van der Waals surface area contributed by atoms with Crippen molar-refractivity contribution in [2.75, 3.05) is 11.9 Å². The molecule has 0 spiro atoms. The van der Waals surface area contributed by atoms with Gasteiger partial charge in [0.15, 0.2) is 0 Å². The van der Waals surface area contributed by atoms with Crippen molar-refractivity contribution in [3.05, 3.63) is 69.3 Å². The van der Waals surface area contributed by atoms with Crippen LogP contribution in [0.25, 0.3) is 0 Å². The van der Waals surface area contributed by atoms with Gasteiger partial charge in [0.05, 0.1) is 10.5 Å². The minimum atomic E-state index is -1.000. The Balaban J connectivity index is 1.90. The summed E-state index contributed by atoms with van der Waals surface area (Å²) in [6.45, 7) is 1.70. The molecule has 2 N–H and O–H groups in total. The number of nitrogens with one attached hydrogen (secondary N) is 2. The molecule has 2 aromatic carbocycles. The zero-order valence-corrected chi connectivity index (χ0v) is 14.4. The number of nitro benzene ring substituents is 1. The average molecular weight is 377 g/mol. The highest BCUT2D eigenvalue weighted by atomic mass is 19.1. The molecule has 0 heterocycles. The van der Waals surface area contributed by atoms with Gasteiger partial charge in [-0.05, 0) is 24.6 Å². The number of nitrogens with zero attached hydrogens (tertiary/aromatic N) is 1. The lowest BCUT2D eigenvalue weighted by atomic mass is 10.1. The lowest BCUT2D eigenvalue weighted by Gasteiger charge is -2.08. The third-order valence-corrected chi connectivity index (χ3v) is 3.76. The van der Waals surface area contributed by atoms with E-state index in [0.29, 0.717) is 18.1 Å².